The fraction of sp³-hybridized carbons (Fsp3) is 0.357. The number of hydrogen-bond donors (Lipinski definition) is 1. The van der Waals surface area contributed by atoms with Crippen LogP contribution in [0.15, 0.2) is 30.3 Å². The second-order valence-electron chi connectivity index (χ2n) is 4.22. The van der Waals surface area contributed by atoms with Gasteiger partial charge in [0, 0.05) is 25.1 Å². The molecule has 0 saturated heterocycles. The van der Waals surface area contributed by atoms with Crippen molar-refractivity contribution < 1.29 is 9.47 Å². The number of rotatable bonds is 5. The molecule has 2 rings (SSSR count). The molecule has 96 valence electrons. The molecule has 1 unspecified atom stereocenters. The first-order chi connectivity index (χ1) is 8.74. The normalized spacial score (nSPS) is 12.6. The fourth-order valence-corrected chi connectivity index (χ4v) is 1.92. The summed E-state index contributed by atoms with van der Waals surface area (Å²) in [5.41, 5.74) is 7.71. The zero-order valence-corrected chi connectivity index (χ0v) is 10.7. The third-order valence-electron chi connectivity index (χ3n) is 2.72. The number of nitrogens with zero attached hydrogens (tertiary/aromatic N) is 1. The van der Waals surface area contributed by atoms with Gasteiger partial charge in [0.15, 0.2) is 0 Å². The van der Waals surface area contributed by atoms with Crippen molar-refractivity contribution in [3.8, 4) is 5.88 Å². The van der Waals surface area contributed by atoms with E-state index >= 15 is 0 Å². The molecule has 0 spiro atoms. The van der Waals surface area contributed by atoms with Crippen LogP contribution in [0.4, 0.5) is 0 Å². The van der Waals surface area contributed by atoms with Gasteiger partial charge in [0.2, 0.25) is 5.88 Å². The lowest BCUT2D eigenvalue weighted by molar-refractivity contribution is 0.0892. The summed E-state index contributed by atoms with van der Waals surface area (Å²) >= 11 is 0. The Hall–Kier alpha value is -1.65. The van der Waals surface area contributed by atoms with E-state index in [-0.39, 0.29) is 6.10 Å². The monoisotopic (exact) mass is 246 g/mol. The quantitative estimate of drug-likeness (QED) is 0.877. The van der Waals surface area contributed by atoms with Crippen LogP contribution in [0.3, 0.4) is 0 Å². The summed E-state index contributed by atoms with van der Waals surface area (Å²) in [6, 6.07) is 9.82. The number of pyridine rings is 1. The smallest absolute Gasteiger partial charge is 0.214 e. The van der Waals surface area contributed by atoms with Gasteiger partial charge in [-0.05, 0) is 18.6 Å². The first-order valence-corrected chi connectivity index (χ1v) is 5.99. The summed E-state index contributed by atoms with van der Waals surface area (Å²) < 4.78 is 10.8. The molecule has 1 atom stereocenters. The maximum atomic E-state index is 5.77. The number of benzene rings is 1. The predicted molar refractivity (Wildman–Crippen MR) is 71.6 cm³/mol. The lowest BCUT2D eigenvalue weighted by atomic mass is 10.1. The zero-order valence-electron chi connectivity index (χ0n) is 10.7. The lowest BCUT2D eigenvalue weighted by Gasteiger charge is -2.14. The van der Waals surface area contributed by atoms with Gasteiger partial charge in [-0.25, -0.2) is 4.98 Å². The number of fused-ring (bicyclic) bond motifs is 1. The highest BCUT2D eigenvalue weighted by molar-refractivity contribution is 5.82. The van der Waals surface area contributed by atoms with Gasteiger partial charge in [0.25, 0.3) is 0 Å². The number of hydrogen-bond acceptors (Lipinski definition) is 4. The third kappa shape index (κ3) is 2.78. The fourth-order valence-electron chi connectivity index (χ4n) is 1.92. The largest absolute Gasteiger partial charge is 0.472 e. The summed E-state index contributed by atoms with van der Waals surface area (Å²) in [6.45, 7) is 2.95. The van der Waals surface area contributed by atoms with Gasteiger partial charge >= 0.3 is 0 Å². The van der Waals surface area contributed by atoms with Gasteiger partial charge in [0.05, 0.1) is 12.1 Å². The summed E-state index contributed by atoms with van der Waals surface area (Å²) in [5, 5.41) is 1.08. The van der Waals surface area contributed by atoms with Crippen LogP contribution in [0.5, 0.6) is 5.88 Å². The zero-order chi connectivity index (χ0) is 13.0. The molecule has 4 heteroatoms. The molecule has 1 aromatic carbocycles. The molecule has 0 aliphatic heterocycles. The van der Waals surface area contributed by atoms with Gasteiger partial charge in [-0.15, -0.1) is 0 Å². The first kappa shape index (κ1) is 12.8. The van der Waals surface area contributed by atoms with Crippen molar-refractivity contribution in [2.24, 2.45) is 5.73 Å². The van der Waals surface area contributed by atoms with Crippen molar-refractivity contribution in [3.63, 3.8) is 0 Å². The van der Waals surface area contributed by atoms with Crippen LogP contribution in [0, 0.1) is 0 Å². The molecule has 0 aliphatic carbocycles. The van der Waals surface area contributed by atoms with E-state index in [1.54, 1.807) is 7.11 Å². The Labute approximate surface area is 107 Å². The maximum absolute atomic E-state index is 5.77. The SMILES string of the molecule is COCC(C)Oc1cc(CN)c2ccccc2n1. The average molecular weight is 246 g/mol. The summed E-state index contributed by atoms with van der Waals surface area (Å²) in [7, 11) is 1.65. The van der Waals surface area contributed by atoms with Gasteiger partial charge in [-0.1, -0.05) is 18.2 Å². The van der Waals surface area contributed by atoms with Crippen molar-refractivity contribution in [2.45, 2.75) is 19.6 Å². The molecular weight excluding hydrogens is 228 g/mol. The van der Waals surface area contributed by atoms with Crippen molar-refractivity contribution in [2.75, 3.05) is 13.7 Å². The summed E-state index contributed by atoms with van der Waals surface area (Å²) in [6.07, 6.45) is -0.0331. The second-order valence-corrected chi connectivity index (χ2v) is 4.22. The molecule has 4 nitrogen and oxygen atoms in total. The highest BCUT2D eigenvalue weighted by Crippen LogP contribution is 2.22. The highest BCUT2D eigenvalue weighted by Gasteiger charge is 2.08. The van der Waals surface area contributed by atoms with Gasteiger partial charge < -0.3 is 15.2 Å². The molecule has 0 amide bonds. The van der Waals surface area contributed by atoms with Crippen LogP contribution in [-0.2, 0) is 11.3 Å². The van der Waals surface area contributed by atoms with E-state index in [0.29, 0.717) is 19.0 Å². The molecule has 2 aromatic rings. The Bertz CT molecular complexity index is 528. The maximum Gasteiger partial charge on any atom is 0.214 e. The minimum absolute atomic E-state index is 0.0331. The number of ether oxygens (including phenoxy) is 2. The molecule has 0 saturated carbocycles. The van der Waals surface area contributed by atoms with Crippen LogP contribution in [0.1, 0.15) is 12.5 Å². The van der Waals surface area contributed by atoms with Gasteiger partial charge in [-0.3, -0.25) is 0 Å². The minimum atomic E-state index is -0.0331. The van der Waals surface area contributed by atoms with Crippen LogP contribution in [0.2, 0.25) is 0 Å². The predicted octanol–water partition coefficient (Wildman–Crippen LogP) is 2.11. The van der Waals surface area contributed by atoms with E-state index in [1.807, 2.05) is 37.3 Å². The second kappa shape index (κ2) is 5.80. The Balaban J connectivity index is 2.34. The van der Waals surface area contributed by atoms with E-state index in [4.69, 9.17) is 15.2 Å². The van der Waals surface area contributed by atoms with Gasteiger partial charge in [0.1, 0.15) is 6.10 Å². The van der Waals surface area contributed by atoms with E-state index in [2.05, 4.69) is 4.98 Å². The van der Waals surface area contributed by atoms with Crippen LogP contribution in [0.25, 0.3) is 10.9 Å². The van der Waals surface area contributed by atoms with E-state index in [0.717, 1.165) is 16.5 Å². The van der Waals surface area contributed by atoms with E-state index in [9.17, 15) is 0 Å². The first-order valence-electron chi connectivity index (χ1n) is 5.99. The number of methoxy groups -OCH3 is 1. The van der Waals surface area contributed by atoms with E-state index < -0.39 is 0 Å². The summed E-state index contributed by atoms with van der Waals surface area (Å²) in [4.78, 5) is 4.47. The molecule has 0 radical (unpaired) electrons. The average Bonchev–Trinajstić information content (AvgIpc) is 2.38. The topological polar surface area (TPSA) is 57.4 Å². The van der Waals surface area contributed by atoms with Crippen molar-refractivity contribution in [1.29, 1.82) is 0 Å². The Kier molecular flexibility index (Phi) is 4.12. The lowest BCUT2D eigenvalue weighted by Crippen LogP contribution is -2.18. The van der Waals surface area contributed by atoms with Crippen molar-refractivity contribution >= 4 is 10.9 Å². The third-order valence-corrected chi connectivity index (χ3v) is 2.72. The van der Waals surface area contributed by atoms with Gasteiger partial charge in [-0.2, -0.15) is 0 Å². The van der Waals surface area contributed by atoms with Crippen LogP contribution < -0.4 is 10.5 Å². The Morgan fingerprint density at radius 1 is 1.33 bits per heavy atom. The Morgan fingerprint density at radius 2 is 2.11 bits per heavy atom. The van der Waals surface area contributed by atoms with Crippen molar-refractivity contribution in [1.82, 2.24) is 4.98 Å². The summed E-state index contributed by atoms with van der Waals surface area (Å²) in [5.74, 6) is 0.596. The van der Waals surface area contributed by atoms with Crippen LogP contribution in [-0.4, -0.2) is 24.8 Å². The minimum Gasteiger partial charge on any atom is -0.472 e. The number of aromatic nitrogens is 1. The molecular formula is C14H18N2O2. The molecule has 0 aliphatic rings. The molecule has 2 N–H and O–H groups in total. The van der Waals surface area contributed by atoms with E-state index in [1.165, 1.54) is 0 Å². The number of nitrogens with two attached hydrogens (primary N) is 1. The standard InChI is InChI=1S/C14H18N2O2/c1-10(9-17-2)18-14-7-11(8-15)12-5-3-4-6-13(12)16-14/h3-7,10H,8-9,15H2,1-2H3. The molecule has 1 aromatic heterocycles. The molecule has 18 heavy (non-hydrogen) atoms. The van der Waals surface area contributed by atoms with Crippen molar-refractivity contribution in [3.05, 3.63) is 35.9 Å². The Morgan fingerprint density at radius 3 is 2.83 bits per heavy atom. The molecule has 0 bridgehead atoms. The highest BCUT2D eigenvalue weighted by atomic mass is 16.5. The number of para-hydroxylation sites is 1. The van der Waals surface area contributed by atoms with Crippen LogP contribution >= 0.6 is 0 Å². The molecule has 0 fully saturated rings. The molecule has 1 heterocycles.